The van der Waals surface area contributed by atoms with Gasteiger partial charge in [0.1, 0.15) is 11.5 Å². The molecule has 1 N–H and O–H groups in total. The zero-order valence-electron chi connectivity index (χ0n) is 14.3. The van der Waals surface area contributed by atoms with E-state index in [1.54, 1.807) is 11.8 Å². The van der Waals surface area contributed by atoms with Crippen molar-refractivity contribution in [3.05, 3.63) is 64.4 Å². The molecule has 3 rings (SSSR count). The van der Waals surface area contributed by atoms with Crippen LogP contribution >= 0.6 is 11.8 Å². The van der Waals surface area contributed by atoms with E-state index in [0.717, 1.165) is 33.4 Å². The molecule has 0 saturated heterocycles. The van der Waals surface area contributed by atoms with Gasteiger partial charge in [0.2, 0.25) is 0 Å². The van der Waals surface area contributed by atoms with Crippen molar-refractivity contribution < 1.29 is 13.8 Å². The third kappa shape index (κ3) is 4.11. The largest absolute Gasteiger partial charge is 0.361 e. The monoisotopic (exact) mass is 357 g/mol. The zero-order valence-corrected chi connectivity index (χ0v) is 15.1. The van der Waals surface area contributed by atoms with Gasteiger partial charge in [-0.25, -0.2) is 0 Å². The molecule has 1 amide bonds. The van der Waals surface area contributed by atoms with Gasteiger partial charge in [0.25, 0.3) is 5.91 Å². The zero-order chi connectivity index (χ0) is 17.8. The lowest BCUT2D eigenvalue weighted by atomic mass is 10.2. The number of benzene rings is 1. The lowest BCUT2D eigenvalue weighted by Crippen LogP contribution is -2.23. The molecule has 6 nitrogen and oxygen atoms in total. The number of carbonyl (C=O) groups is 1. The molecule has 7 heteroatoms. The van der Waals surface area contributed by atoms with Gasteiger partial charge in [-0.15, -0.1) is 11.8 Å². The first-order valence-electron chi connectivity index (χ1n) is 7.88. The van der Waals surface area contributed by atoms with Gasteiger partial charge in [-0.1, -0.05) is 22.4 Å². The van der Waals surface area contributed by atoms with Crippen molar-refractivity contribution in [3.8, 4) is 0 Å². The van der Waals surface area contributed by atoms with Gasteiger partial charge in [-0.05, 0) is 32.9 Å². The Balaban J connectivity index is 1.68. The van der Waals surface area contributed by atoms with Crippen LogP contribution in [0.3, 0.4) is 0 Å². The number of amides is 1. The van der Waals surface area contributed by atoms with Gasteiger partial charge in [-0.2, -0.15) is 0 Å². The summed E-state index contributed by atoms with van der Waals surface area (Å²) in [4.78, 5) is 13.5. The maximum Gasteiger partial charge on any atom is 0.252 e. The minimum absolute atomic E-state index is 0.128. The van der Waals surface area contributed by atoms with Gasteiger partial charge >= 0.3 is 0 Å². The molecule has 3 aromatic rings. The summed E-state index contributed by atoms with van der Waals surface area (Å²) in [6.07, 6.45) is 0. The molecule has 0 unspecified atom stereocenters. The first-order valence-corrected chi connectivity index (χ1v) is 8.87. The predicted octanol–water partition coefficient (Wildman–Crippen LogP) is 3.81. The van der Waals surface area contributed by atoms with E-state index in [1.807, 2.05) is 51.1 Å². The molecule has 0 radical (unpaired) electrons. The summed E-state index contributed by atoms with van der Waals surface area (Å²) in [5, 5.41) is 10.7. The van der Waals surface area contributed by atoms with E-state index in [2.05, 4.69) is 15.6 Å². The normalized spacial score (nSPS) is 10.8. The van der Waals surface area contributed by atoms with Crippen LogP contribution in [0.1, 0.15) is 38.8 Å². The lowest BCUT2D eigenvalue weighted by molar-refractivity contribution is 0.0948. The molecule has 0 spiro atoms. The van der Waals surface area contributed by atoms with Gasteiger partial charge in [0, 0.05) is 23.1 Å². The minimum Gasteiger partial charge on any atom is -0.361 e. The van der Waals surface area contributed by atoms with E-state index in [4.69, 9.17) is 9.05 Å². The fourth-order valence-corrected chi connectivity index (χ4v) is 3.36. The van der Waals surface area contributed by atoms with Crippen LogP contribution in [0, 0.1) is 20.8 Å². The number of hydrogen-bond donors (Lipinski definition) is 1. The summed E-state index contributed by atoms with van der Waals surface area (Å²) in [5.41, 5.74) is 3.19. The Kier molecular flexibility index (Phi) is 5.23. The SMILES string of the molecule is Cc1cc(CSc2ccccc2C(=O)NCc2c(C)noc2C)on1. The van der Waals surface area contributed by atoms with Crippen LogP contribution in [-0.4, -0.2) is 16.2 Å². The van der Waals surface area contributed by atoms with E-state index in [1.165, 1.54) is 0 Å². The summed E-state index contributed by atoms with van der Waals surface area (Å²) < 4.78 is 10.3. The Labute approximate surface area is 150 Å². The summed E-state index contributed by atoms with van der Waals surface area (Å²) >= 11 is 1.55. The van der Waals surface area contributed by atoms with Gasteiger partial charge < -0.3 is 14.4 Å². The van der Waals surface area contributed by atoms with Crippen LogP contribution < -0.4 is 5.32 Å². The topological polar surface area (TPSA) is 81.2 Å². The maximum atomic E-state index is 12.6. The molecular formula is C18H19N3O3S. The molecule has 0 aliphatic carbocycles. The molecule has 0 bridgehead atoms. The Morgan fingerprint density at radius 3 is 2.64 bits per heavy atom. The van der Waals surface area contributed by atoms with Gasteiger partial charge in [0.15, 0.2) is 0 Å². The van der Waals surface area contributed by atoms with Crippen molar-refractivity contribution in [2.24, 2.45) is 0 Å². The molecule has 130 valence electrons. The average Bonchev–Trinajstić information content (AvgIpc) is 3.17. The number of aryl methyl sites for hydroxylation is 3. The van der Waals surface area contributed by atoms with Crippen LogP contribution in [0.5, 0.6) is 0 Å². The van der Waals surface area contributed by atoms with Crippen LogP contribution in [0.2, 0.25) is 0 Å². The summed E-state index contributed by atoms with van der Waals surface area (Å²) in [6, 6.07) is 9.41. The number of aromatic nitrogens is 2. The van der Waals surface area contributed by atoms with Gasteiger partial charge in [-0.3, -0.25) is 4.79 Å². The number of rotatable bonds is 6. The maximum absolute atomic E-state index is 12.6. The van der Waals surface area contributed by atoms with Crippen molar-refractivity contribution in [3.63, 3.8) is 0 Å². The smallest absolute Gasteiger partial charge is 0.252 e. The molecule has 0 atom stereocenters. The first kappa shape index (κ1) is 17.3. The van der Waals surface area contributed by atoms with Crippen molar-refractivity contribution in [1.29, 1.82) is 0 Å². The summed E-state index contributed by atoms with van der Waals surface area (Å²) in [5.74, 6) is 2.00. The van der Waals surface area contributed by atoms with Crippen molar-refractivity contribution in [1.82, 2.24) is 15.6 Å². The Bertz CT molecular complexity index is 866. The molecule has 0 aliphatic rings. The van der Waals surface area contributed by atoms with Crippen molar-refractivity contribution in [2.75, 3.05) is 0 Å². The van der Waals surface area contributed by atoms with Crippen LogP contribution in [0.25, 0.3) is 0 Å². The molecule has 2 heterocycles. The van der Waals surface area contributed by atoms with E-state index in [9.17, 15) is 4.79 Å². The molecule has 2 aromatic heterocycles. The van der Waals surface area contributed by atoms with E-state index in [0.29, 0.717) is 17.9 Å². The lowest BCUT2D eigenvalue weighted by Gasteiger charge is -2.09. The van der Waals surface area contributed by atoms with E-state index >= 15 is 0 Å². The second-order valence-electron chi connectivity index (χ2n) is 5.70. The minimum atomic E-state index is -0.128. The van der Waals surface area contributed by atoms with E-state index < -0.39 is 0 Å². The third-order valence-corrected chi connectivity index (χ3v) is 4.88. The van der Waals surface area contributed by atoms with Gasteiger partial charge in [0.05, 0.1) is 22.7 Å². The third-order valence-electron chi connectivity index (χ3n) is 3.79. The summed E-state index contributed by atoms with van der Waals surface area (Å²) in [6.45, 7) is 5.97. The van der Waals surface area contributed by atoms with Crippen molar-refractivity contribution in [2.45, 2.75) is 38.0 Å². The second-order valence-corrected chi connectivity index (χ2v) is 6.72. The molecule has 0 fully saturated rings. The molecule has 25 heavy (non-hydrogen) atoms. The highest BCUT2D eigenvalue weighted by Crippen LogP contribution is 2.26. The predicted molar refractivity (Wildman–Crippen MR) is 94.4 cm³/mol. The number of nitrogens with zero attached hydrogens (tertiary/aromatic N) is 2. The van der Waals surface area contributed by atoms with E-state index in [-0.39, 0.29) is 5.91 Å². The number of carbonyl (C=O) groups excluding carboxylic acids is 1. The Morgan fingerprint density at radius 1 is 1.16 bits per heavy atom. The highest BCUT2D eigenvalue weighted by molar-refractivity contribution is 7.98. The molecular weight excluding hydrogens is 338 g/mol. The highest BCUT2D eigenvalue weighted by Gasteiger charge is 2.15. The quantitative estimate of drug-likeness (QED) is 0.676. The molecule has 0 aliphatic heterocycles. The first-order chi connectivity index (χ1) is 12.0. The molecule has 1 aromatic carbocycles. The Hall–Kier alpha value is -2.54. The van der Waals surface area contributed by atoms with Crippen molar-refractivity contribution >= 4 is 17.7 Å². The molecule has 0 saturated carbocycles. The van der Waals surface area contributed by atoms with Crippen LogP contribution in [-0.2, 0) is 12.3 Å². The highest BCUT2D eigenvalue weighted by atomic mass is 32.2. The number of hydrogen-bond acceptors (Lipinski definition) is 6. The Morgan fingerprint density at radius 2 is 1.96 bits per heavy atom. The fraction of sp³-hybridized carbons (Fsp3) is 0.278. The number of thioether (sulfide) groups is 1. The summed E-state index contributed by atoms with van der Waals surface area (Å²) in [7, 11) is 0. The fourth-order valence-electron chi connectivity index (χ4n) is 2.43. The number of nitrogens with one attached hydrogen (secondary N) is 1. The van der Waals surface area contributed by atoms with Crippen LogP contribution in [0.15, 0.2) is 44.3 Å². The standard InChI is InChI=1S/C18H19N3O3S/c1-11-8-14(24-20-11)10-25-17-7-5-4-6-15(17)18(22)19-9-16-12(2)21-23-13(16)3/h4-8H,9-10H2,1-3H3,(H,19,22). The van der Waals surface area contributed by atoms with Crippen LogP contribution in [0.4, 0.5) is 0 Å². The second kappa shape index (κ2) is 7.57. The average molecular weight is 357 g/mol.